The summed E-state index contributed by atoms with van der Waals surface area (Å²) in [6, 6.07) is 5.97. The molecular formula is C11H13ClN2O. The number of rotatable bonds is 2. The third kappa shape index (κ3) is 1.67. The van der Waals surface area contributed by atoms with Gasteiger partial charge in [-0.1, -0.05) is 11.6 Å². The Bertz CT molecular complexity index is 491. The van der Waals surface area contributed by atoms with Crippen molar-refractivity contribution in [2.45, 2.75) is 19.9 Å². The third-order valence-corrected chi connectivity index (χ3v) is 2.71. The maximum Gasteiger partial charge on any atom is 0.135 e. The molecule has 15 heavy (non-hydrogen) atoms. The molecule has 1 aromatic heterocycles. The second kappa shape index (κ2) is 3.74. The van der Waals surface area contributed by atoms with Crippen LogP contribution in [0.3, 0.4) is 0 Å². The Morgan fingerprint density at radius 1 is 1.40 bits per heavy atom. The van der Waals surface area contributed by atoms with Crippen LogP contribution in [0.4, 0.5) is 0 Å². The molecule has 0 aliphatic carbocycles. The first-order valence-electron chi connectivity index (χ1n) is 4.85. The molecule has 0 spiro atoms. The molecule has 0 amide bonds. The quantitative estimate of drug-likeness (QED) is 0.783. The predicted molar refractivity (Wildman–Crippen MR) is 61.7 cm³/mol. The van der Waals surface area contributed by atoms with E-state index in [1.807, 2.05) is 22.9 Å². The number of fused-ring (bicyclic) bond motifs is 1. The number of ether oxygens (including phenoxy) is 1. The molecule has 2 aromatic rings. The van der Waals surface area contributed by atoms with Crippen molar-refractivity contribution in [3.05, 3.63) is 23.4 Å². The van der Waals surface area contributed by atoms with Crippen LogP contribution in [0.5, 0.6) is 5.75 Å². The molecule has 0 bridgehead atoms. The van der Waals surface area contributed by atoms with Crippen molar-refractivity contribution in [2.24, 2.45) is 0 Å². The fraction of sp³-hybridized carbons (Fsp3) is 0.364. The zero-order valence-electron chi connectivity index (χ0n) is 8.99. The van der Waals surface area contributed by atoms with E-state index < -0.39 is 0 Å². The minimum atomic E-state index is 0.260. The lowest BCUT2D eigenvalue weighted by Gasteiger charge is -2.05. The average Bonchev–Trinajstić information content (AvgIpc) is 2.56. The zero-order valence-corrected chi connectivity index (χ0v) is 9.75. The standard InChI is InChI=1S/C11H13ClN2O/c1-7(2)14-11(12)9-6-8(15-3)4-5-10(9)13-14/h4-7H,1-3H3. The van der Waals surface area contributed by atoms with Gasteiger partial charge in [0.2, 0.25) is 0 Å². The molecule has 4 heteroatoms. The van der Waals surface area contributed by atoms with Crippen molar-refractivity contribution in [1.82, 2.24) is 9.78 Å². The number of benzene rings is 1. The molecule has 1 heterocycles. The Balaban J connectivity index is 2.66. The van der Waals surface area contributed by atoms with Gasteiger partial charge in [0, 0.05) is 11.4 Å². The maximum atomic E-state index is 6.23. The van der Waals surface area contributed by atoms with Gasteiger partial charge in [-0.25, -0.2) is 0 Å². The van der Waals surface area contributed by atoms with Crippen LogP contribution >= 0.6 is 11.6 Å². The van der Waals surface area contributed by atoms with E-state index in [2.05, 4.69) is 18.9 Å². The second-order valence-corrected chi connectivity index (χ2v) is 4.07. The van der Waals surface area contributed by atoms with E-state index in [1.54, 1.807) is 7.11 Å². The molecule has 0 aliphatic heterocycles. The summed E-state index contributed by atoms with van der Waals surface area (Å²) in [6.45, 7) is 4.10. The van der Waals surface area contributed by atoms with E-state index in [9.17, 15) is 0 Å². The Kier molecular flexibility index (Phi) is 2.57. The van der Waals surface area contributed by atoms with Gasteiger partial charge in [-0.05, 0) is 32.0 Å². The molecule has 0 unspecified atom stereocenters. The van der Waals surface area contributed by atoms with Crippen molar-refractivity contribution in [1.29, 1.82) is 0 Å². The Labute approximate surface area is 93.6 Å². The third-order valence-electron chi connectivity index (χ3n) is 2.33. The molecule has 0 fully saturated rings. The number of methoxy groups -OCH3 is 1. The van der Waals surface area contributed by atoms with Gasteiger partial charge in [0.25, 0.3) is 0 Å². The summed E-state index contributed by atoms with van der Waals surface area (Å²) in [5, 5.41) is 6.02. The highest BCUT2D eigenvalue weighted by Crippen LogP contribution is 2.28. The van der Waals surface area contributed by atoms with Crippen molar-refractivity contribution in [3.63, 3.8) is 0 Å². The summed E-state index contributed by atoms with van der Waals surface area (Å²) >= 11 is 6.23. The van der Waals surface area contributed by atoms with E-state index in [0.717, 1.165) is 16.7 Å². The number of hydrogen-bond donors (Lipinski definition) is 0. The fourth-order valence-corrected chi connectivity index (χ4v) is 1.90. The topological polar surface area (TPSA) is 27.1 Å². The minimum absolute atomic E-state index is 0.260. The van der Waals surface area contributed by atoms with Crippen LogP contribution in [0.2, 0.25) is 5.15 Å². The van der Waals surface area contributed by atoms with E-state index >= 15 is 0 Å². The van der Waals surface area contributed by atoms with E-state index in [0.29, 0.717) is 5.15 Å². The normalized spacial score (nSPS) is 11.3. The van der Waals surface area contributed by atoms with Crippen LogP contribution in [-0.4, -0.2) is 16.9 Å². The van der Waals surface area contributed by atoms with Gasteiger partial charge in [0.15, 0.2) is 0 Å². The van der Waals surface area contributed by atoms with Crippen molar-refractivity contribution in [3.8, 4) is 5.75 Å². The molecule has 80 valence electrons. The summed E-state index contributed by atoms with van der Waals surface area (Å²) in [5.74, 6) is 0.799. The van der Waals surface area contributed by atoms with Crippen molar-refractivity contribution >= 4 is 22.5 Å². The first kappa shape index (κ1) is 10.3. The molecule has 0 N–H and O–H groups in total. The van der Waals surface area contributed by atoms with Crippen LogP contribution in [0.25, 0.3) is 10.9 Å². The molecule has 0 aliphatic rings. The highest BCUT2D eigenvalue weighted by atomic mass is 35.5. The summed E-state index contributed by atoms with van der Waals surface area (Å²) in [5.41, 5.74) is 0.898. The first-order valence-corrected chi connectivity index (χ1v) is 5.23. The van der Waals surface area contributed by atoms with Gasteiger partial charge in [0.05, 0.1) is 12.6 Å². The molecule has 1 aromatic carbocycles. The Morgan fingerprint density at radius 3 is 2.73 bits per heavy atom. The van der Waals surface area contributed by atoms with Gasteiger partial charge in [-0.15, -0.1) is 0 Å². The smallest absolute Gasteiger partial charge is 0.135 e. The molecular weight excluding hydrogens is 212 g/mol. The molecule has 2 rings (SSSR count). The van der Waals surface area contributed by atoms with Crippen LogP contribution in [0, 0.1) is 0 Å². The second-order valence-electron chi connectivity index (χ2n) is 3.71. The summed E-state index contributed by atoms with van der Waals surface area (Å²) in [4.78, 5) is 0. The number of hydrogen-bond acceptors (Lipinski definition) is 2. The van der Waals surface area contributed by atoms with Crippen LogP contribution in [0.1, 0.15) is 19.9 Å². The Hall–Kier alpha value is -1.22. The van der Waals surface area contributed by atoms with Gasteiger partial charge < -0.3 is 4.74 Å². The van der Waals surface area contributed by atoms with Crippen molar-refractivity contribution in [2.75, 3.05) is 7.11 Å². The van der Waals surface area contributed by atoms with E-state index in [1.165, 1.54) is 0 Å². The van der Waals surface area contributed by atoms with Gasteiger partial charge in [-0.2, -0.15) is 5.10 Å². The summed E-state index contributed by atoms with van der Waals surface area (Å²) in [7, 11) is 1.64. The molecule has 0 atom stereocenters. The largest absolute Gasteiger partial charge is 0.497 e. The lowest BCUT2D eigenvalue weighted by atomic mass is 10.2. The minimum Gasteiger partial charge on any atom is -0.497 e. The SMILES string of the molecule is COc1ccc2nn(C(C)C)c(Cl)c2c1. The number of aromatic nitrogens is 2. The lowest BCUT2D eigenvalue weighted by molar-refractivity contribution is 0.415. The van der Waals surface area contributed by atoms with Gasteiger partial charge >= 0.3 is 0 Å². The summed E-state index contributed by atoms with van der Waals surface area (Å²) in [6.07, 6.45) is 0. The first-order chi connectivity index (χ1) is 7.13. The lowest BCUT2D eigenvalue weighted by Crippen LogP contribution is -2.01. The molecule has 0 radical (unpaired) electrons. The molecule has 0 saturated carbocycles. The van der Waals surface area contributed by atoms with Crippen LogP contribution in [0.15, 0.2) is 18.2 Å². The zero-order chi connectivity index (χ0) is 11.0. The number of nitrogens with zero attached hydrogens (tertiary/aromatic N) is 2. The molecule has 0 saturated heterocycles. The monoisotopic (exact) mass is 224 g/mol. The maximum absolute atomic E-state index is 6.23. The fourth-order valence-electron chi connectivity index (χ4n) is 1.52. The predicted octanol–water partition coefficient (Wildman–Crippen LogP) is 3.28. The molecule has 3 nitrogen and oxygen atoms in total. The van der Waals surface area contributed by atoms with E-state index in [4.69, 9.17) is 16.3 Å². The van der Waals surface area contributed by atoms with Crippen LogP contribution < -0.4 is 4.74 Å². The highest BCUT2D eigenvalue weighted by Gasteiger charge is 2.11. The average molecular weight is 225 g/mol. The van der Waals surface area contributed by atoms with Gasteiger partial charge in [-0.3, -0.25) is 4.68 Å². The van der Waals surface area contributed by atoms with Crippen molar-refractivity contribution < 1.29 is 4.74 Å². The number of halogens is 1. The Morgan fingerprint density at radius 2 is 2.13 bits per heavy atom. The summed E-state index contributed by atoms with van der Waals surface area (Å²) < 4.78 is 6.96. The highest BCUT2D eigenvalue weighted by molar-refractivity contribution is 6.34. The van der Waals surface area contributed by atoms with Gasteiger partial charge in [0.1, 0.15) is 10.9 Å². The van der Waals surface area contributed by atoms with Crippen LogP contribution in [-0.2, 0) is 0 Å². The van der Waals surface area contributed by atoms with E-state index in [-0.39, 0.29) is 6.04 Å².